The van der Waals surface area contributed by atoms with Gasteiger partial charge >= 0.3 is 5.97 Å². The molecule has 20 heavy (non-hydrogen) atoms. The number of fused-ring (bicyclic) bond motifs is 1. The number of benzene rings is 1. The van der Waals surface area contributed by atoms with Gasteiger partial charge in [-0.05, 0) is 42.4 Å². The van der Waals surface area contributed by atoms with Crippen LogP contribution < -0.4 is 5.32 Å². The van der Waals surface area contributed by atoms with Crippen molar-refractivity contribution in [2.45, 2.75) is 51.5 Å². The zero-order valence-electron chi connectivity index (χ0n) is 11.8. The van der Waals surface area contributed by atoms with E-state index in [2.05, 4.69) is 17.4 Å². The van der Waals surface area contributed by atoms with E-state index in [0.717, 1.165) is 24.8 Å². The Morgan fingerprint density at radius 1 is 1.30 bits per heavy atom. The van der Waals surface area contributed by atoms with Gasteiger partial charge in [0, 0.05) is 0 Å². The number of nitrogens with one attached hydrogen (secondary N) is 1. The van der Waals surface area contributed by atoms with Gasteiger partial charge in [-0.1, -0.05) is 31.5 Å². The lowest BCUT2D eigenvalue weighted by atomic mass is 10.0. The molecule has 1 atom stereocenters. The molecule has 1 aromatic rings. The Labute approximate surface area is 119 Å². The highest BCUT2D eigenvalue weighted by Crippen LogP contribution is 2.22. The van der Waals surface area contributed by atoms with Crippen molar-refractivity contribution in [3.63, 3.8) is 0 Å². The van der Waals surface area contributed by atoms with Gasteiger partial charge in [0.15, 0.2) is 0 Å². The van der Waals surface area contributed by atoms with Crippen LogP contribution in [0.5, 0.6) is 0 Å². The van der Waals surface area contributed by atoms with E-state index >= 15 is 0 Å². The summed E-state index contributed by atoms with van der Waals surface area (Å²) < 4.78 is 0. The Kier molecular flexibility index (Phi) is 4.77. The molecule has 0 fully saturated rings. The molecule has 0 unspecified atom stereocenters. The van der Waals surface area contributed by atoms with E-state index in [1.54, 1.807) is 0 Å². The highest BCUT2D eigenvalue weighted by atomic mass is 16.4. The summed E-state index contributed by atoms with van der Waals surface area (Å²) >= 11 is 0. The molecule has 108 valence electrons. The molecular formula is C16H21NO3. The molecule has 0 radical (unpaired) electrons. The van der Waals surface area contributed by atoms with Crippen molar-refractivity contribution in [2.75, 3.05) is 0 Å². The second-order valence-corrected chi connectivity index (χ2v) is 5.38. The first-order valence-electron chi connectivity index (χ1n) is 7.23. The fraction of sp³-hybridized carbons (Fsp3) is 0.500. The van der Waals surface area contributed by atoms with Crippen molar-refractivity contribution in [3.05, 3.63) is 34.9 Å². The third-order valence-corrected chi connectivity index (χ3v) is 3.74. The topological polar surface area (TPSA) is 66.4 Å². The summed E-state index contributed by atoms with van der Waals surface area (Å²) in [6.45, 7) is 1.91. The maximum Gasteiger partial charge on any atom is 0.326 e. The van der Waals surface area contributed by atoms with Crippen molar-refractivity contribution < 1.29 is 14.7 Å². The number of rotatable bonds is 6. The lowest BCUT2D eigenvalue weighted by Gasteiger charge is -2.13. The number of aliphatic carboxylic acids is 1. The Hall–Kier alpha value is -1.84. The minimum atomic E-state index is -0.964. The number of amides is 1. The van der Waals surface area contributed by atoms with Gasteiger partial charge in [0.2, 0.25) is 5.91 Å². The lowest BCUT2D eigenvalue weighted by molar-refractivity contribution is -0.141. The summed E-state index contributed by atoms with van der Waals surface area (Å²) in [6.07, 6.45) is 4.84. The maximum absolute atomic E-state index is 11.9. The molecule has 2 N–H and O–H groups in total. The number of carboxylic acids is 1. The van der Waals surface area contributed by atoms with Crippen LogP contribution in [0, 0.1) is 0 Å². The van der Waals surface area contributed by atoms with Crippen LogP contribution in [0.1, 0.15) is 42.9 Å². The van der Waals surface area contributed by atoms with E-state index in [1.807, 2.05) is 13.0 Å². The van der Waals surface area contributed by atoms with Crippen LogP contribution in [-0.4, -0.2) is 23.0 Å². The molecule has 0 spiro atoms. The average Bonchev–Trinajstić information content (AvgIpc) is 2.85. The fourth-order valence-electron chi connectivity index (χ4n) is 2.71. The summed E-state index contributed by atoms with van der Waals surface area (Å²) in [6, 6.07) is 5.37. The van der Waals surface area contributed by atoms with E-state index in [4.69, 9.17) is 5.11 Å². The fourth-order valence-corrected chi connectivity index (χ4v) is 2.71. The molecule has 4 nitrogen and oxygen atoms in total. The number of aryl methyl sites for hydroxylation is 2. The van der Waals surface area contributed by atoms with E-state index in [9.17, 15) is 9.59 Å². The van der Waals surface area contributed by atoms with Crippen molar-refractivity contribution >= 4 is 11.9 Å². The van der Waals surface area contributed by atoms with Crippen LogP contribution >= 0.6 is 0 Å². The molecule has 2 rings (SSSR count). The van der Waals surface area contributed by atoms with E-state index in [0.29, 0.717) is 6.42 Å². The Balaban J connectivity index is 1.95. The lowest BCUT2D eigenvalue weighted by Crippen LogP contribution is -2.41. The monoisotopic (exact) mass is 275 g/mol. The highest BCUT2D eigenvalue weighted by molar-refractivity contribution is 5.84. The zero-order valence-corrected chi connectivity index (χ0v) is 11.8. The first-order valence-corrected chi connectivity index (χ1v) is 7.23. The second-order valence-electron chi connectivity index (χ2n) is 5.38. The van der Waals surface area contributed by atoms with Crippen molar-refractivity contribution in [1.82, 2.24) is 5.32 Å². The molecule has 4 heteroatoms. The number of carbonyl (C=O) groups excluding carboxylic acids is 1. The van der Waals surface area contributed by atoms with Gasteiger partial charge in [-0.15, -0.1) is 0 Å². The molecule has 1 amide bonds. The minimum Gasteiger partial charge on any atom is -0.480 e. The summed E-state index contributed by atoms with van der Waals surface area (Å²) in [7, 11) is 0. The van der Waals surface area contributed by atoms with Crippen LogP contribution in [0.4, 0.5) is 0 Å². The molecule has 0 saturated carbocycles. The molecule has 1 aliphatic carbocycles. The van der Waals surface area contributed by atoms with Gasteiger partial charge in [-0.25, -0.2) is 4.79 Å². The average molecular weight is 275 g/mol. The van der Waals surface area contributed by atoms with Crippen molar-refractivity contribution in [3.8, 4) is 0 Å². The number of carboxylic acid groups (broad SMARTS) is 1. The normalized spacial score (nSPS) is 14.7. The summed E-state index contributed by atoms with van der Waals surface area (Å²) in [5.74, 6) is -1.18. The van der Waals surface area contributed by atoms with Crippen LogP contribution in [-0.2, 0) is 28.9 Å². The van der Waals surface area contributed by atoms with Gasteiger partial charge in [0.25, 0.3) is 0 Å². The van der Waals surface area contributed by atoms with Crippen molar-refractivity contribution in [1.29, 1.82) is 0 Å². The summed E-state index contributed by atoms with van der Waals surface area (Å²) in [4.78, 5) is 22.9. The second kappa shape index (κ2) is 6.55. The molecule has 1 aliphatic rings. The third-order valence-electron chi connectivity index (χ3n) is 3.74. The van der Waals surface area contributed by atoms with E-state index in [-0.39, 0.29) is 12.3 Å². The maximum atomic E-state index is 11.9. The number of hydrogen-bond acceptors (Lipinski definition) is 2. The number of carbonyl (C=O) groups is 2. The third kappa shape index (κ3) is 3.59. The zero-order chi connectivity index (χ0) is 14.5. The van der Waals surface area contributed by atoms with Crippen molar-refractivity contribution in [2.24, 2.45) is 0 Å². The first kappa shape index (κ1) is 14.6. The number of hydrogen-bond donors (Lipinski definition) is 2. The van der Waals surface area contributed by atoms with Gasteiger partial charge < -0.3 is 10.4 Å². The first-order chi connectivity index (χ1) is 9.60. The predicted molar refractivity (Wildman–Crippen MR) is 76.6 cm³/mol. The quantitative estimate of drug-likeness (QED) is 0.835. The van der Waals surface area contributed by atoms with Crippen LogP contribution in [0.2, 0.25) is 0 Å². The van der Waals surface area contributed by atoms with Gasteiger partial charge in [0.05, 0.1) is 6.42 Å². The molecule has 0 heterocycles. The van der Waals surface area contributed by atoms with E-state index < -0.39 is 12.0 Å². The largest absolute Gasteiger partial charge is 0.480 e. The van der Waals surface area contributed by atoms with Crippen LogP contribution in [0.25, 0.3) is 0 Å². The van der Waals surface area contributed by atoms with Gasteiger partial charge in [-0.2, -0.15) is 0 Å². The van der Waals surface area contributed by atoms with E-state index in [1.165, 1.54) is 17.5 Å². The molecule has 0 saturated heterocycles. The molecule has 0 bridgehead atoms. The van der Waals surface area contributed by atoms with Gasteiger partial charge in [-0.3, -0.25) is 4.79 Å². The summed E-state index contributed by atoms with van der Waals surface area (Å²) in [5, 5.41) is 11.6. The molecule has 1 aromatic carbocycles. The SMILES string of the molecule is CCC[C@H](NC(=O)Cc1ccc2c(c1)CCC2)C(=O)O. The smallest absolute Gasteiger partial charge is 0.326 e. The molecular weight excluding hydrogens is 254 g/mol. The van der Waals surface area contributed by atoms with Gasteiger partial charge in [0.1, 0.15) is 6.04 Å². The summed E-state index contributed by atoms with van der Waals surface area (Å²) in [5.41, 5.74) is 3.67. The molecule has 0 aromatic heterocycles. The highest BCUT2D eigenvalue weighted by Gasteiger charge is 2.19. The van der Waals surface area contributed by atoms with Crippen LogP contribution in [0.3, 0.4) is 0 Å². The standard InChI is InChI=1S/C16H21NO3/c1-2-4-14(16(19)20)17-15(18)10-11-7-8-12-5-3-6-13(12)9-11/h7-9,14H,2-6,10H2,1H3,(H,17,18)(H,19,20)/t14-/m0/s1. The minimum absolute atomic E-state index is 0.219. The Bertz CT molecular complexity index is 510. The predicted octanol–water partition coefficient (Wildman–Crippen LogP) is 2.09. The van der Waals surface area contributed by atoms with Crippen LogP contribution in [0.15, 0.2) is 18.2 Å². The Morgan fingerprint density at radius 3 is 2.75 bits per heavy atom. The Morgan fingerprint density at radius 2 is 2.05 bits per heavy atom. The molecule has 0 aliphatic heterocycles.